The lowest BCUT2D eigenvalue weighted by Gasteiger charge is -2.14. The minimum Gasteiger partial charge on any atom is -0.361 e. The normalized spacial score (nSPS) is 12.1. The lowest BCUT2D eigenvalue weighted by atomic mass is 10.2. The Labute approximate surface area is 108 Å². The maximum absolute atomic E-state index is 4.30. The largest absolute Gasteiger partial charge is 0.361 e. The highest BCUT2D eigenvalue weighted by Crippen LogP contribution is 2.19. The average molecular weight is 326 g/mol. The molecule has 0 saturated carbocycles. The Morgan fingerprint density at radius 1 is 1.31 bits per heavy atom. The third-order valence-corrected chi connectivity index (χ3v) is 2.94. The van der Waals surface area contributed by atoms with Gasteiger partial charge in [0, 0.05) is 12.4 Å². The van der Waals surface area contributed by atoms with E-state index < -0.39 is 0 Å². The summed E-state index contributed by atoms with van der Waals surface area (Å²) in [4.78, 5) is 12.4. The quantitative estimate of drug-likeness (QED) is 0.881. The molecule has 0 aromatic carbocycles. The van der Waals surface area contributed by atoms with E-state index in [1.54, 1.807) is 12.4 Å². The van der Waals surface area contributed by atoms with Crippen molar-refractivity contribution >= 4 is 28.4 Å². The number of pyridine rings is 1. The summed E-state index contributed by atoms with van der Waals surface area (Å²) in [6, 6.07) is 6.01. The molecule has 0 aliphatic carbocycles. The molecule has 16 heavy (non-hydrogen) atoms. The molecule has 5 heteroatoms. The van der Waals surface area contributed by atoms with Gasteiger partial charge < -0.3 is 5.32 Å². The predicted octanol–water partition coefficient (Wildman–Crippen LogP) is 2.65. The molecule has 0 spiro atoms. The highest BCUT2D eigenvalue weighted by atomic mass is 127. The molecule has 0 amide bonds. The fourth-order valence-electron chi connectivity index (χ4n) is 1.33. The zero-order valence-corrected chi connectivity index (χ0v) is 10.9. The first-order valence-corrected chi connectivity index (χ1v) is 5.98. The molecule has 0 aliphatic rings. The van der Waals surface area contributed by atoms with Crippen molar-refractivity contribution < 1.29 is 0 Å². The lowest BCUT2D eigenvalue weighted by Crippen LogP contribution is -2.10. The van der Waals surface area contributed by atoms with Crippen LogP contribution < -0.4 is 5.32 Å². The Kier molecular flexibility index (Phi) is 3.66. The fraction of sp³-hybridized carbons (Fsp3) is 0.182. The van der Waals surface area contributed by atoms with Gasteiger partial charge in [0.25, 0.3) is 0 Å². The second kappa shape index (κ2) is 5.20. The Balaban J connectivity index is 2.14. The Morgan fingerprint density at radius 3 is 2.88 bits per heavy atom. The van der Waals surface area contributed by atoms with Crippen LogP contribution in [0.25, 0.3) is 0 Å². The van der Waals surface area contributed by atoms with Gasteiger partial charge in [0.2, 0.25) is 0 Å². The van der Waals surface area contributed by atoms with Crippen LogP contribution in [0.5, 0.6) is 0 Å². The van der Waals surface area contributed by atoms with Gasteiger partial charge in [-0.05, 0) is 41.6 Å². The summed E-state index contributed by atoms with van der Waals surface area (Å²) < 4.78 is 1.00. The topological polar surface area (TPSA) is 50.7 Å². The number of hydrogen-bond donors (Lipinski definition) is 1. The van der Waals surface area contributed by atoms with Crippen molar-refractivity contribution in [2.24, 2.45) is 0 Å². The van der Waals surface area contributed by atoms with E-state index in [1.807, 2.05) is 18.2 Å². The molecule has 4 nitrogen and oxygen atoms in total. The molecular formula is C11H11IN4. The van der Waals surface area contributed by atoms with Crippen LogP contribution in [0.15, 0.2) is 36.9 Å². The van der Waals surface area contributed by atoms with Gasteiger partial charge in [0.1, 0.15) is 12.1 Å². The first-order valence-electron chi connectivity index (χ1n) is 4.90. The second-order valence-corrected chi connectivity index (χ2v) is 4.50. The molecule has 1 atom stereocenters. The van der Waals surface area contributed by atoms with Crippen LogP contribution in [0.3, 0.4) is 0 Å². The second-order valence-electron chi connectivity index (χ2n) is 3.34. The number of halogens is 1. The summed E-state index contributed by atoms with van der Waals surface area (Å²) in [5.41, 5.74) is 0.997. The fourth-order valence-corrected chi connectivity index (χ4v) is 1.79. The summed E-state index contributed by atoms with van der Waals surface area (Å²) in [5.74, 6) is 0.841. The van der Waals surface area contributed by atoms with E-state index in [9.17, 15) is 0 Å². The zero-order valence-electron chi connectivity index (χ0n) is 8.76. The molecule has 0 saturated heterocycles. The summed E-state index contributed by atoms with van der Waals surface area (Å²) in [6.45, 7) is 2.06. The molecule has 2 heterocycles. The molecule has 2 rings (SSSR count). The highest BCUT2D eigenvalue weighted by Gasteiger charge is 2.08. The zero-order chi connectivity index (χ0) is 11.4. The molecule has 0 fully saturated rings. The van der Waals surface area contributed by atoms with E-state index >= 15 is 0 Å². The van der Waals surface area contributed by atoms with Crippen molar-refractivity contribution in [3.63, 3.8) is 0 Å². The number of nitrogens with zero attached hydrogens (tertiary/aromatic N) is 3. The monoisotopic (exact) mass is 326 g/mol. The smallest absolute Gasteiger partial charge is 0.143 e. The van der Waals surface area contributed by atoms with Gasteiger partial charge in [-0.15, -0.1) is 0 Å². The number of nitrogens with one attached hydrogen (secondary N) is 1. The molecule has 0 radical (unpaired) electrons. The van der Waals surface area contributed by atoms with Crippen LogP contribution in [-0.4, -0.2) is 15.0 Å². The first-order chi connectivity index (χ1) is 7.77. The van der Waals surface area contributed by atoms with Gasteiger partial charge in [-0.3, -0.25) is 4.98 Å². The number of anilines is 1. The summed E-state index contributed by atoms with van der Waals surface area (Å²) in [6.07, 6.45) is 5.11. The highest BCUT2D eigenvalue weighted by molar-refractivity contribution is 14.1. The summed E-state index contributed by atoms with van der Waals surface area (Å²) in [5, 5.41) is 3.31. The third-order valence-electron chi connectivity index (χ3n) is 2.15. The first kappa shape index (κ1) is 11.3. The number of rotatable bonds is 3. The maximum Gasteiger partial charge on any atom is 0.143 e. The molecule has 1 N–H and O–H groups in total. The van der Waals surface area contributed by atoms with Gasteiger partial charge in [-0.25, -0.2) is 9.97 Å². The summed E-state index contributed by atoms with van der Waals surface area (Å²) >= 11 is 2.21. The molecule has 0 bridgehead atoms. The van der Waals surface area contributed by atoms with E-state index in [4.69, 9.17) is 0 Å². The minimum atomic E-state index is 0.129. The van der Waals surface area contributed by atoms with Crippen molar-refractivity contribution in [1.82, 2.24) is 15.0 Å². The van der Waals surface area contributed by atoms with E-state index in [0.717, 1.165) is 15.1 Å². The van der Waals surface area contributed by atoms with Crippen LogP contribution in [0.2, 0.25) is 0 Å². The Bertz CT molecular complexity index is 461. The predicted molar refractivity (Wildman–Crippen MR) is 71.0 cm³/mol. The van der Waals surface area contributed by atoms with Crippen LogP contribution >= 0.6 is 22.6 Å². The summed E-state index contributed by atoms with van der Waals surface area (Å²) in [7, 11) is 0. The van der Waals surface area contributed by atoms with E-state index in [2.05, 4.69) is 49.8 Å². The van der Waals surface area contributed by atoms with Gasteiger partial charge in [0.05, 0.1) is 15.3 Å². The van der Waals surface area contributed by atoms with E-state index in [1.165, 1.54) is 6.33 Å². The molecular weight excluding hydrogens is 315 g/mol. The molecule has 82 valence electrons. The Hall–Kier alpha value is -1.24. The van der Waals surface area contributed by atoms with E-state index in [0.29, 0.717) is 0 Å². The SMILES string of the molecule is CC(Nc1ncncc1I)c1ccccn1. The number of hydrogen-bond acceptors (Lipinski definition) is 4. The molecule has 0 aliphatic heterocycles. The third kappa shape index (κ3) is 2.66. The number of aromatic nitrogens is 3. The molecule has 2 aromatic heterocycles. The van der Waals surface area contributed by atoms with Crippen LogP contribution in [0.4, 0.5) is 5.82 Å². The lowest BCUT2D eigenvalue weighted by molar-refractivity contribution is 0.828. The van der Waals surface area contributed by atoms with Gasteiger partial charge in [0.15, 0.2) is 0 Å². The van der Waals surface area contributed by atoms with Gasteiger partial charge >= 0.3 is 0 Å². The van der Waals surface area contributed by atoms with Gasteiger partial charge in [-0.2, -0.15) is 0 Å². The standard InChI is InChI=1S/C11H11IN4/c1-8(10-4-2-3-5-14-10)16-11-9(12)6-13-7-15-11/h2-8H,1H3,(H,13,15,16). The van der Waals surface area contributed by atoms with Crippen LogP contribution in [-0.2, 0) is 0 Å². The van der Waals surface area contributed by atoms with Gasteiger partial charge in [-0.1, -0.05) is 6.07 Å². The molecule has 1 unspecified atom stereocenters. The minimum absolute atomic E-state index is 0.129. The average Bonchev–Trinajstić information content (AvgIpc) is 2.33. The van der Waals surface area contributed by atoms with Crippen molar-refractivity contribution in [3.05, 3.63) is 46.2 Å². The molecule has 2 aromatic rings. The maximum atomic E-state index is 4.30. The van der Waals surface area contributed by atoms with Crippen molar-refractivity contribution in [3.8, 4) is 0 Å². The Morgan fingerprint density at radius 2 is 2.19 bits per heavy atom. The van der Waals surface area contributed by atoms with Crippen LogP contribution in [0, 0.1) is 3.57 Å². The van der Waals surface area contributed by atoms with Crippen molar-refractivity contribution in [1.29, 1.82) is 0 Å². The van der Waals surface area contributed by atoms with E-state index in [-0.39, 0.29) is 6.04 Å². The van der Waals surface area contributed by atoms with Crippen molar-refractivity contribution in [2.75, 3.05) is 5.32 Å². The van der Waals surface area contributed by atoms with Crippen LogP contribution in [0.1, 0.15) is 18.7 Å². The van der Waals surface area contributed by atoms with Crippen molar-refractivity contribution in [2.45, 2.75) is 13.0 Å².